The predicted octanol–water partition coefficient (Wildman–Crippen LogP) is 1.47. The molecule has 1 aromatic rings. The van der Waals surface area contributed by atoms with E-state index in [4.69, 9.17) is 5.11 Å². The number of nitrogens with zero attached hydrogens (tertiary/aromatic N) is 2. The number of carbonyl (C=O) groups excluding carboxylic acids is 2. The molecule has 6 nitrogen and oxygen atoms in total. The highest BCUT2D eigenvalue weighted by molar-refractivity contribution is 8.13. The van der Waals surface area contributed by atoms with Crippen LogP contribution in [-0.4, -0.2) is 39.4 Å². The highest BCUT2D eigenvalue weighted by atomic mass is 32.2. The molecule has 102 valence electrons. The molecule has 1 aromatic heterocycles. The first-order chi connectivity index (χ1) is 8.97. The Bertz CT molecular complexity index is 529. The molecule has 1 aliphatic rings. The summed E-state index contributed by atoms with van der Waals surface area (Å²) in [5.74, 6) is -0.453. The summed E-state index contributed by atoms with van der Waals surface area (Å²) in [7, 11) is 0. The first kappa shape index (κ1) is 14.0. The maximum atomic E-state index is 11.9. The van der Waals surface area contributed by atoms with Crippen LogP contribution in [0.3, 0.4) is 0 Å². The van der Waals surface area contributed by atoms with E-state index >= 15 is 0 Å². The van der Waals surface area contributed by atoms with Crippen LogP contribution in [0.1, 0.15) is 23.8 Å². The fraction of sp³-hybridized carbons (Fsp3) is 0.455. The number of thioether (sulfide) groups is 1. The van der Waals surface area contributed by atoms with Gasteiger partial charge in [0.15, 0.2) is 15.9 Å². The summed E-state index contributed by atoms with van der Waals surface area (Å²) in [6.07, 6.45) is 0.377. The van der Waals surface area contributed by atoms with Gasteiger partial charge in [0.1, 0.15) is 0 Å². The van der Waals surface area contributed by atoms with Crippen LogP contribution in [0.25, 0.3) is 0 Å². The quantitative estimate of drug-likeness (QED) is 0.906. The molecular weight excluding hydrogens is 288 g/mol. The molecule has 1 saturated heterocycles. The Balaban J connectivity index is 2.02. The van der Waals surface area contributed by atoms with Gasteiger partial charge in [-0.25, -0.2) is 9.78 Å². The van der Waals surface area contributed by atoms with Crippen molar-refractivity contribution in [1.82, 2.24) is 4.98 Å². The van der Waals surface area contributed by atoms with Gasteiger partial charge in [0.2, 0.25) is 5.91 Å². The van der Waals surface area contributed by atoms with Crippen LogP contribution in [0.2, 0.25) is 0 Å². The molecule has 2 rings (SSSR count). The monoisotopic (exact) mass is 300 g/mol. The standard InChI is InChI=1S/C11H12N2O4S2/c1-6(14)18-4-7-2-9(15)13(3-7)11-12-8(5-19-11)10(16)17/h5,7H,2-4H2,1H3,(H,16,17). The van der Waals surface area contributed by atoms with E-state index in [9.17, 15) is 14.4 Å². The second kappa shape index (κ2) is 5.70. The first-order valence-electron chi connectivity index (χ1n) is 5.60. The topological polar surface area (TPSA) is 87.6 Å². The van der Waals surface area contributed by atoms with Gasteiger partial charge in [-0.1, -0.05) is 11.8 Å². The highest BCUT2D eigenvalue weighted by Gasteiger charge is 2.32. The zero-order chi connectivity index (χ0) is 14.0. The zero-order valence-electron chi connectivity index (χ0n) is 10.2. The van der Waals surface area contributed by atoms with E-state index in [1.165, 1.54) is 29.0 Å². The minimum absolute atomic E-state index is 0.0355. The number of anilines is 1. The second-order valence-electron chi connectivity index (χ2n) is 4.20. The maximum Gasteiger partial charge on any atom is 0.355 e. The summed E-state index contributed by atoms with van der Waals surface area (Å²) in [6, 6.07) is 0. The van der Waals surface area contributed by atoms with Crippen molar-refractivity contribution in [2.24, 2.45) is 5.92 Å². The van der Waals surface area contributed by atoms with Crippen molar-refractivity contribution in [3.05, 3.63) is 11.1 Å². The minimum Gasteiger partial charge on any atom is -0.476 e. The van der Waals surface area contributed by atoms with E-state index in [0.29, 0.717) is 23.8 Å². The summed E-state index contributed by atoms with van der Waals surface area (Å²) in [6.45, 7) is 1.99. The van der Waals surface area contributed by atoms with E-state index in [1.54, 1.807) is 0 Å². The SMILES string of the molecule is CC(=O)SCC1CC(=O)N(c2nc(C(=O)O)cs2)C1. The van der Waals surface area contributed by atoms with Gasteiger partial charge in [0, 0.05) is 31.0 Å². The fourth-order valence-electron chi connectivity index (χ4n) is 1.80. The molecule has 0 radical (unpaired) electrons. The zero-order valence-corrected chi connectivity index (χ0v) is 11.8. The Kier molecular flexibility index (Phi) is 4.20. The number of rotatable bonds is 4. The van der Waals surface area contributed by atoms with Crippen LogP contribution in [-0.2, 0) is 9.59 Å². The van der Waals surface area contributed by atoms with Crippen LogP contribution in [0.15, 0.2) is 5.38 Å². The van der Waals surface area contributed by atoms with Crippen molar-refractivity contribution < 1.29 is 19.5 Å². The maximum absolute atomic E-state index is 11.9. The van der Waals surface area contributed by atoms with Crippen LogP contribution in [0.5, 0.6) is 0 Å². The van der Waals surface area contributed by atoms with Crippen molar-refractivity contribution in [2.75, 3.05) is 17.2 Å². The Labute approximate surface area is 117 Å². The number of aromatic carboxylic acids is 1. The molecule has 1 fully saturated rings. The van der Waals surface area contributed by atoms with Gasteiger partial charge < -0.3 is 5.11 Å². The largest absolute Gasteiger partial charge is 0.476 e. The third-order valence-corrected chi connectivity index (χ3v) is 4.58. The molecule has 1 unspecified atom stereocenters. The van der Waals surface area contributed by atoms with Crippen LogP contribution < -0.4 is 4.90 Å². The molecule has 8 heteroatoms. The van der Waals surface area contributed by atoms with Crippen molar-refractivity contribution in [1.29, 1.82) is 0 Å². The van der Waals surface area contributed by atoms with E-state index in [1.807, 2.05) is 0 Å². The van der Waals surface area contributed by atoms with E-state index in [2.05, 4.69) is 4.98 Å². The van der Waals surface area contributed by atoms with Crippen LogP contribution in [0.4, 0.5) is 5.13 Å². The van der Waals surface area contributed by atoms with Crippen molar-refractivity contribution in [2.45, 2.75) is 13.3 Å². The summed E-state index contributed by atoms with van der Waals surface area (Å²) in [5, 5.41) is 10.7. The Morgan fingerprint density at radius 2 is 2.37 bits per heavy atom. The summed E-state index contributed by atoms with van der Waals surface area (Å²) in [4.78, 5) is 38.9. The van der Waals surface area contributed by atoms with E-state index in [0.717, 1.165) is 11.3 Å². The lowest BCUT2D eigenvalue weighted by Crippen LogP contribution is -2.24. The lowest BCUT2D eigenvalue weighted by molar-refractivity contribution is -0.117. The Morgan fingerprint density at radius 3 is 2.95 bits per heavy atom. The normalized spacial score (nSPS) is 18.9. The number of aromatic nitrogens is 1. The fourth-order valence-corrected chi connectivity index (χ4v) is 3.32. The highest BCUT2D eigenvalue weighted by Crippen LogP contribution is 2.29. The van der Waals surface area contributed by atoms with Crippen molar-refractivity contribution in [3.63, 3.8) is 0 Å². The van der Waals surface area contributed by atoms with Gasteiger partial charge in [0.05, 0.1) is 0 Å². The van der Waals surface area contributed by atoms with E-state index in [-0.39, 0.29) is 22.6 Å². The van der Waals surface area contributed by atoms with Crippen molar-refractivity contribution >= 4 is 45.2 Å². The molecule has 2 heterocycles. The minimum atomic E-state index is -1.10. The Hall–Kier alpha value is -1.41. The average Bonchev–Trinajstić information content (AvgIpc) is 2.92. The van der Waals surface area contributed by atoms with Gasteiger partial charge in [-0.3, -0.25) is 14.5 Å². The van der Waals surface area contributed by atoms with Gasteiger partial charge in [-0.15, -0.1) is 11.3 Å². The molecule has 0 spiro atoms. The van der Waals surface area contributed by atoms with Crippen molar-refractivity contribution in [3.8, 4) is 0 Å². The molecule has 0 saturated carbocycles. The number of carbonyl (C=O) groups is 3. The lowest BCUT2D eigenvalue weighted by atomic mass is 10.1. The second-order valence-corrected chi connectivity index (χ2v) is 6.23. The Morgan fingerprint density at radius 1 is 1.63 bits per heavy atom. The van der Waals surface area contributed by atoms with E-state index < -0.39 is 5.97 Å². The smallest absolute Gasteiger partial charge is 0.355 e. The average molecular weight is 300 g/mol. The third-order valence-electron chi connectivity index (χ3n) is 2.67. The molecule has 1 atom stereocenters. The molecule has 1 amide bonds. The third kappa shape index (κ3) is 3.32. The molecule has 19 heavy (non-hydrogen) atoms. The van der Waals surface area contributed by atoms with Gasteiger partial charge in [-0.2, -0.15) is 0 Å². The van der Waals surface area contributed by atoms with Crippen LogP contribution >= 0.6 is 23.1 Å². The number of hydrogen-bond donors (Lipinski definition) is 1. The number of carboxylic acids is 1. The molecular formula is C11H12N2O4S2. The molecule has 0 aromatic carbocycles. The first-order valence-corrected chi connectivity index (χ1v) is 7.46. The number of hydrogen-bond acceptors (Lipinski definition) is 6. The summed E-state index contributed by atoms with van der Waals surface area (Å²) >= 11 is 2.35. The molecule has 1 aliphatic heterocycles. The number of thiazole rings is 1. The number of carboxylic acid groups (broad SMARTS) is 1. The predicted molar refractivity (Wildman–Crippen MR) is 72.7 cm³/mol. The summed E-state index contributed by atoms with van der Waals surface area (Å²) in [5.41, 5.74) is -0.0469. The van der Waals surface area contributed by atoms with Gasteiger partial charge in [0.25, 0.3) is 0 Å². The van der Waals surface area contributed by atoms with Gasteiger partial charge >= 0.3 is 5.97 Å². The molecule has 0 aliphatic carbocycles. The molecule has 0 bridgehead atoms. The molecule has 1 N–H and O–H groups in total. The lowest BCUT2D eigenvalue weighted by Gasteiger charge is -2.12. The number of amides is 1. The van der Waals surface area contributed by atoms with Crippen LogP contribution in [0, 0.1) is 5.92 Å². The summed E-state index contributed by atoms with van der Waals surface area (Å²) < 4.78 is 0. The van der Waals surface area contributed by atoms with Gasteiger partial charge in [-0.05, 0) is 5.92 Å².